The van der Waals surface area contributed by atoms with Crippen LogP contribution in [0.2, 0.25) is 0 Å². The van der Waals surface area contributed by atoms with E-state index in [9.17, 15) is 0 Å². The van der Waals surface area contributed by atoms with Gasteiger partial charge in [-0.25, -0.2) is 0 Å². The molecular weight excluding hydrogens is 346 g/mol. The zero-order chi connectivity index (χ0) is 18.7. The van der Waals surface area contributed by atoms with E-state index < -0.39 is 0 Å². The monoisotopic (exact) mass is 368 g/mol. The predicted molar refractivity (Wildman–Crippen MR) is 113 cm³/mol. The van der Waals surface area contributed by atoms with Crippen LogP contribution in [0, 0.1) is 0 Å². The largest absolute Gasteiger partial charge is 0.380 e. The molecule has 5 aromatic rings. The average molecular weight is 368 g/mol. The van der Waals surface area contributed by atoms with E-state index in [-0.39, 0.29) is 0 Å². The molecule has 0 aliphatic carbocycles. The molecule has 138 valence electrons. The minimum absolute atomic E-state index is 0.344. The topological polar surface area (TPSA) is 21.0 Å². The van der Waals surface area contributed by atoms with Gasteiger partial charge in [-0.05, 0) is 48.9 Å². The highest BCUT2D eigenvalue weighted by molar-refractivity contribution is 5.88. The third-order valence-corrected chi connectivity index (χ3v) is 6.13. The molecule has 1 unspecified atom stereocenters. The van der Waals surface area contributed by atoms with E-state index in [0.29, 0.717) is 6.10 Å². The molecule has 1 fully saturated rings. The Kier molecular flexibility index (Phi) is 3.38. The van der Waals surface area contributed by atoms with Crippen molar-refractivity contribution in [1.29, 1.82) is 0 Å². The Morgan fingerprint density at radius 2 is 1.86 bits per heavy atom. The number of nitrogens with zero attached hydrogens (tertiary/aromatic N) is 3. The van der Waals surface area contributed by atoms with Crippen LogP contribution in [0.15, 0.2) is 72.9 Å². The van der Waals surface area contributed by atoms with Gasteiger partial charge in [0, 0.05) is 42.7 Å². The second-order valence-corrected chi connectivity index (χ2v) is 7.68. The van der Waals surface area contributed by atoms with Crippen LogP contribution in [0.5, 0.6) is 0 Å². The Morgan fingerprint density at radius 1 is 0.964 bits per heavy atom. The van der Waals surface area contributed by atoms with Crippen molar-refractivity contribution in [1.82, 2.24) is 4.40 Å². The van der Waals surface area contributed by atoms with Gasteiger partial charge in [-0.3, -0.25) is 0 Å². The Labute approximate surface area is 163 Å². The second-order valence-electron chi connectivity index (χ2n) is 7.68. The second kappa shape index (κ2) is 5.94. The summed E-state index contributed by atoms with van der Waals surface area (Å²) in [4.78, 5) is 2.42. The van der Waals surface area contributed by atoms with Crippen molar-refractivity contribution >= 4 is 38.7 Å². The summed E-state index contributed by atoms with van der Waals surface area (Å²) in [6, 6.07) is 24.2. The first-order chi connectivity index (χ1) is 13.8. The SMILES string of the molecule is COC1CCN(c2ccc3c(ccc4c[n+]5c6ccccc6ccc5n43)c2)C1. The summed E-state index contributed by atoms with van der Waals surface area (Å²) < 4.78 is 10.2. The lowest BCUT2D eigenvalue weighted by molar-refractivity contribution is -0.479. The molecule has 1 atom stereocenters. The Hall–Kier alpha value is -3.11. The van der Waals surface area contributed by atoms with Crippen LogP contribution >= 0.6 is 0 Å². The predicted octanol–water partition coefficient (Wildman–Crippen LogP) is 4.21. The van der Waals surface area contributed by atoms with Gasteiger partial charge in [0.2, 0.25) is 0 Å². The fourth-order valence-electron chi connectivity index (χ4n) is 4.64. The number of hydrogen-bond donors (Lipinski definition) is 0. The maximum atomic E-state index is 5.53. The third kappa shape index (κ3) is 2.25. The van der Waals surface area contributed by atoms with Crippen LogP contribution in [0.4, 0.5) is 5.69 Å². The minimum atomic E-state index is 0.344. The first-order valence-corrected chi connectivity index (χ1v) is 9.87. The van der Waals surface area contributed by atoms with E-state index in [4.69, 9.17) is 4.74 Å². The lowest BCUT2D eigenvalue weighted by atomic mass is 10.1. The van der Waals surface area contributed by atoms with Crippen molar-refractivity contribution in [2.75, 3.05) is 25.1 Å². The number of ether oxygens (including phenoxy) is 1. The van der Waals surface area contributed by atoms with Gasteiger partial charge in [0.05, 0.1) is 6.10 Å². The number of benzene rings is 2. The highest BCUT2D eigenvalue weighted by atomic mass is 16.5. The van der Waals surface area contributed by atoms with E-state index in [1.807, 2.05) is 7.11 Å². The van der Waals surface area contributed by atoms with Gasteiger partial charge >= 0.3 is 0 Å². The number of pyridine rings is 2. The Balaban J connectivity index is 1.57. The summed E-state index contributed by atoms with van der Waals surface area (Å²) in [5, 5.41) is 2.52. The molecule has 4 nitrogen and oxygen atoms in total. The number of hydrogen-bond acceptors (Lipinski definition) is 2. The molecule has 4 heterocycles. The van der Waals surface area contributed by atoms with Crippen molar-refractivity contribution < 1.29 is 9.14 Å². The molecule has 1 saturated heterocycles. The third-order valence-electron chi connectivity index (χ3n) is 6.13. The quantitative estimate of drug-likeness (QED) is 0.435. The Bertz CT molecular complexity index is 1350. The molecule has 3 aromatic heterocycles. The van der Waals surface area contributed by atoms with Crippen molar-refractivity contribution in [2.24, 2.45) is 0 Å². The number of fused-ring (bicyclic) bond motifs is 7. The molecule has 0 radical (unpaired) electrons. The summed E-state index contributed by atoms with van der Waals surface area (Å²) in [6.45, 7) is 2.03. The van der Waals surface area contributed by atoms with Crippen LogP contribution in [0.3, 0.4) is 0 Å². The van der Waals surface area contributed by atoms with Gasteiger partial charge in [-0.15, -0.1) is 0 Å². The van der Waals surface area contributed by atoms with Gasteiger partial charge in [-0.1, -0.05) is 18.2 Å². The van der Waals surface area contributed by atoms with Crippen molar-refractivity contribution in [3.8, 4) is 0 Å². The fraction of sp³-hybridized carbons (Fsp3) is 0.208. The molecule has 0 N–H and O–H groups in total. The number of aromatic nitrogens is 2. The smallest absolute Gasteiger partial charge is 0.292 e. The minimum Gasteiger partial charge on any atom is -0.380 e. The highest BCUT2D eigenvalue weighted by Crippen LogP contribution is 2.28. The van der Waals surface area contributed by atoms with Crippen LogP contribution < -0.4 is 9.30 Å². The van der Waals surface area contributed by atoms with Gasteiger partial charge in [-0.2, -0.15) is 8.80 Å². The van der Waals surface area contributed by atoms with Crippen molar-refractivity contribution in [3.63, 3.8) is 0 Å². The van der Waals surface area contributed by atoms with Crippen LogP contribution in [-0.4, -0.2) is 30.7 Å². The first kappa shape index (κ1) is 15.9. The zero-order valence-corrected chi connectivity index (χ0v) is 15.9. The molecular formula is C24H22N3O+. The first-order valence-electron chi connectivity index (χ1n) is 9.87. The lowest BCUT2D eigenvalue weighted by Crippen LogP contribution is -2.22. The van der Waals surface area contributed by atoms with Crippen LogP contribution in [0.25, 0.3) is 33.0 Å². The summed E-state index contributed by atoms with van der Waals surface area (Å²) in [5.74, 6) is 0. The van der Waals surface area contributed by atoms with Crippen molar-refractivity contribution in [3.05, 3.63) is 72.9 Å². The van der Waals surface area contributed by atoms with Gasteiger partial charge in [0.15, 0.2) is 5.52 Å². The van der Waals surface area contributed by atoms with Crippen LogP contribution in [-0.2, 0) is 4.74 Å². The van der Waals surface area contributed by atoms with E-state index >= 15 is 0 Å². The number of para-hydroxylation sites is 1. The molecule has 28 heavy (non-hydrogen) atoms. The Morgan fingerprint density at radius 3 is 2.75 bits per heavy atom. The summed E-state index contributed by atoms with van der Waals surface area (Å²) in [7, 11) is 1.81. The molecule has 0 saturated carbocycles. The maximum absolute atomic E-state index is 5.53. The number of anilines is 1. The fourth-order valence-corrected chi connectivity index (χ4v) is 4.64. The number of imidazole rings is 1. The molecule has 6 rings (SSSR count). The summed E-state index contributed by atoms with van der Waals surface area (Å²) in [5.41, 5.74) is 6.14. The molecule has 0 spiro atoms. The van der Waals surface area contributed by atoms with Crippen molar-refractivity contribution in [2.45, 2.75) is 12.5 Å². The summed E-state index contributed by atoms with van der Waals surface area (Å²) in [6.07, 6.45) is 3.67. The molecule has 1 aliphatic rings. The maximum Gasteiger partial charge on any atom is 0.292 e. The average Bonchev–Trinajstić information content (AvgIpc) is 3.38. The van der Waals surface area contributed by atoms with Gasteiger partial charge in [0.1, 0.15) is 17.2 Å². The zero-order valence-electron chi connectivity index (χ0n) is 15.9. The molecule has 4 heteroatoms. The lowest BCUT2D eigenvalue weighted by Gasteiger charge is -2.18. The number of rotatable bonds is 2. The van der Waals surface area contributed by atoms with E-state index in [0.717, 1.165) is 19.5 Å². The van der Waals surface area contributed by atoms with Gasteiger partial charge in [0.25, 0.3) is 5.65 Å². The molecule has 0 bridgehead atoms. The standard InChI is InChI=1S/C24H22N3O/c1-28-21-12-13-25(16-21)19-9-10-23-18(14-19)6-8-20-15-26-22-5-3-2-4-17(22)7-11-24(26)27(20)23/h2-11,14-15,21H,12-13,16H2,1H3/q+1. The molecule has 0 amide bonds. The normalized spacial score (nSPS) is 17.5. The highest BCUT2D eigenvalue weighted by Gasteiger charge is 2.23. The van der Waals surface area contributed by atoms with E-state index in [2.05, 4.69) is 86.6 Å². The van der Waals surface area contributed by atoms with Crippen LogP contribution in [0.1, 0.15) is 6.42 Å². The van der Waals surface area contributed by atoms with E-state index in [1.54, 1.807) is 0 Å². The van der Waals surface area contributed by atoms with Gasteiger partial charge < -0.3 is 9.64 Å². The summed E-state index contributed by atoms with van der Waals surface area (Å²) >= 11 is 0. The molecule has 1 aliphatic heterocycles. The van der Waals surface area contributed by atoms with E-state index in [1.165, 1.54) is 38.7 Å². The number of methoxy groups -OCH3 is 1. The molecule has 2 aromatic carbocycles.